The minimum atomic E-state index is -0.0392. The number of ketones is 2. The third-order valence-electron chi connectivity index (χ3n) is 2.41. The average Bonchev–Trinajstić information content (AvgIpc) is 2.42. The topological polar surface area (TPSA) is 34.1 Å². The smallest absolute Gasteiger partial charge is 0.171 e. The van der Waals surface area contributed by atoms with Gasteiger partial charge in [-0.1, -0.05) is 19.1 Å². The minimum absolute atomic E-state index is 0.0321. The van der Waals surface area contributed by atoms with Crippen LogP contribution in [-0.2, 0) is 6.42 Å². The van der Waals surface area contributed by atoms with Crippen molar-refractivity contribution >= 4 is 11.6 Å². The zero-order chi connectivity index (χ0) is 9.42. The van der Waals surface area contributed by atoms with Crippen molar-refractivity contribution in [2.75, 3.05) is 0 Å². The number of Topliss-reactive ketones (excluding diaryl/α,β-unsaturated/α-hetero) is 2. The van der Waals surface area contributed by atoms with E-state index in [2.05, 4.69) is 0 Å². The van der Waals surface area contributed by atoms with Crippen LogP contribution < -0.4 is 0 Å². The fourth-order valence-corrected chi connectivity index (χ4v) is 1.62. The van der Waals surface area contributed by atoms with Crippen LogP contribution in [0.3, 0.4) is 0 Å². The summed E-state index contributed by atoms with van der Waals surface area (Å²) in [5.41, 5.74) is 2.33. The molecule has 1 aliphatic carbocycles. The molecule has 0 radical (unpaired) electrons. The maximum Gasteiger partial charge on any atom is 0.171 e. The first-order valence-electron chi connectivity index (χ1n) is 4.41. The molecule has 0 aliphatic heterocycles. The zero-order valence-electron chi connectivity index (χ0n) is 7.46. The number of fused-ring (bicyclic) bond motifs is 1. The van der Waals surface area contributed by atoms with E-state index in [0.29, 0.717) is 11.1 Å². The van der Waals surface area contributed by atoms with Crippen molar-refractivity contribution in [3.05, 3.63) is 34.9 Å². The second kappa shape index (κ2) is 2.80. The summed E-state index contributed by atoms with van der Waals surface area (Å²) in [7, 11) is 0. The summed E-state index contributed by atoms with van der Waals surface area (Å²) in [6.07, 6.45) is 0.956. The van der Waals surface area contributed by atoms with Gasteiger partial charge in [0.05, 0.1) is 6.42 Å². The second-order valence-corrected chi connectivity index (χ2v) is 3.26. The Bertz CT molecular complexity index is 391. The Hall–Kier alpha value is -1.44. The van der Waals surface area contributed by atoms with Crippen molar-refractivity contribution in [2.24, 2.45) is 0 Å². The molecule has 0 N–H and O–H groups in total. The van der Waals surface area contributed by atoms with Gasteiger partial charge < -0.3 is 0 Å². The first-order valence-corrected chi connectivity index (χ1v) is 4.41. The van der Waals surface area contributed by atoms with Gasteiger partial charge in [0.2, 0.25) is 0 Å². The predicted molar refractivity (Wildman–Crippen MR) is 49.1 cm³/mol. The molecule has 1 aliphatic rings. The highest BCUT2D eigenvalue weighted by molar-refractivity contribution is 6.24. The van der Waals surface area contributed by atoms with E-state index in [4.69, 9.17) is 0 Å². The Kier molecular flexibility index (Phi) is 1.76. The van der Waals surface area contributed by atoms with E-state index >= 15 is 0 Å². The molecule has 0 saturated heterocycles. The third-order valence-corrected chi connectivity index (χ3v) is 2.41. The van der Waals surface area contributed by atoms with E-state index in [-0.39, 0.29) is 18.0 Å². The molecule has 0 bridgehead atoms. The van der Waals surface area contributed by atoms with Crippen molar-refractivity contribution in [1.29, 1.82) is 0 Å². The maximum atomic E-state index is 11.3. The number of hydrogen-bond acceptors (Lipinski definition) is 2. The van der Waals surface area contributed by atoms with E-state index in [1.807, 2.05) is 19.1 Å². The molecule has 0 heterocycles. The quantitative estimate of drug-likeness (QED) is 0.610. The SMILES string of the molecule is CCc1ccc2c(c1)C(=O)CC2=O. The van der Waals surface area contributed by atoms with Gasteiger partial charge in [-0.3, -0.25) is 9.59 Å². The lowest BCUT2D eigenvalue weighted by molar-refractivity contribution is 0.0923. The first-order chi connectivity index (χ1) is 6.22. The van der Waals surface area contributed by atoms with Crippen LogP contribution in [0.2, 0.25) is 0 Å². The Morgan fingerprint density at radius 3 is 2.54 bits per heavy atom. The lowest BCUT2D eigenvalue weighted by Gasteiger charge is -1.99. The molecular formula is C11H10O2. The van der Waals surface area contributed by atoms with Crippen LogP contribution in [0.5, 0.6) is 0 Å². The first kappa shape index (κ1) is 8.17. The normalized spacial score (nSPS) is 14.8. The molecule has 2 rings (SSSR count). The second-order valence-electron chi connectivity index (χ2n) is 3.26. The summed E-state index contributed by atoms with van der Waals surface area (Å²) in [5, 5.41) is 0. The van der Waals surface area contributed by atoms with E-state index in [1.165, 1.54) is 0 Å². The van der Waals surface area contributed by atoms with Crippen LogP contribution in [0.1, 0.15) is 39.6 Å². The number of aryl methyl sites for hydroxylation is 1. The molecule has 2 heteroatoms. The van der Waals surface area contributed by atoms with Crippen LogP contribution >= 0.6 is 0 Å². The molecule has 0 amide bonds. The highest BCUT2D eigenvalue weighted by Crippen LogP contribution is 2.23. The summed E-state index contributed by atoms with van der Waals surface area (Å²) in [6.45, 7) is 2.03. The Morgan fingerprint density at radius 1 is 1.15 bits per heavy atom. The van der Waals surface area contributed by atoms with Gasteiger partial charge in [0, 0.05) is 11.1 Å². The van der Waals surface area contributed by atoms with Gasteiger partial charge in [-0.15, -0.1) is 0 Å². The van der Waals surface area contributed by atoms with Crippen LogP contribution in [-0.4, -0.2) is 11.6 Å². The summed E-state index contributed by atoms with van der Waals surface area (Å²) in [6, 6.07) is 5.51. The summed E-state index contributed by atoms with van der Waals surface area (Å²) in [5.74, 6) is -0.0713. The fourth-order valence-electron chi connectivity index (χ4n) is 1.62. The molecule has 0 atom stereocenters. The number of benzene rings is 1. The minimum Gasteiger partial charge on any atom is -0.294 e. The fraction of sp³-hybridized carbons (Fsp3) is 0.273. The molecule has 0 saturated carbocycles. The van der Waals surface area contributed by atoms with E-state index in [1.54, 1.807) is 6.07 Å². The zero-order valence-corrected chi connectivity index (χ0v) is 7.46. The van der Waals surface area contributed by atoms with E-state index < -0.39 is 0 Å². The van der Waals surface area contributed by atoms with Gasteiger partial charge in [-0.2, -0.15) is 0 Å². The van der Waals surface area contributed by atoms with Gasteiger partial charge in [0.1, 0.15) is 0 Å². The molecular weight excluding hydrogens is 164 g/mol. The van der Waals surface area contributed by atoms with Crippen molar-refractivity contribution in [3.63, 3.8) is 0 Å². The molecule has 0 spiro atoms. The van der Waals surface area contributed by atoms with Gasteiger partial charge >= 0.3 is 0 Å². The third kappa shape index (κ3) is 1.18. The number of hydrogen-bond donors (Lipinski definition) is 0. The van der Waals surface area contributed by atoms with Crippen molar-refractivity contribution < 1.29 is 9.59 Å². The molecule has 0 fully saturated rings. The lowest BCUT2D eigenvalue weighted by atomic mass is 10.0. The van der Waals surface area contributed by atoms with Crippen LogP contribution in [0.4, 0.5) is 0 Å². The van der Waals surface area contributed by atoms with E-state index in [0.717, 1.165) is 12.0 Å². The van der Waals surface area contributed by atoms with Crippen molar-refractivity contribution in [2.45, 2.75) is 19.8 Å². The maximum absolute atomic E-state index is 11.3. The molecule has 1 aromatic carbocycles. The molecule has 2 nitrogen and oxygen atoms in total. The molecule has 66 valence electrons. The van der Waals surface area contributed by atoms with Gasteiger partial charge in [0.15, 0.2) is 11.6 Å². The highest BCUT2D eigenvalue weighted by atomic mass is 16.2. The van der Waals surface area contributed by atoms with Gasteiger partial charge in [-0.05, 0) is 18.1 Å². The molecule has 0 unspecified atom stereocenters. The van der Waals surface area contributed by atoms with E-state index in [9.17, 15) is 9.59 Å². The van der Waals surface area contributed by atoms with Crippen LogP contribution in [0.15, 0.2) is 18.2 Å². The van der Waals surface area contributed by atoms with Crippen LogP contribution in [0.25, 0.3) is 0 Å². The standard InChI is InChI=1S/C11H10O2/c1-2-7-3-4-8-9(5-7)11(13)6-10(8)12/h3-5H,2,6H2,1H3. The Morgan fingerprint density at radius 2 is 1.85 bits per heavy atom. The molecule has 0 aromatic heterocycles. The monoisotopic (exact) mass is 174 g/mol. The summed E-state index contributed by atoms with van der Waals surface area (Å²) >= 11 is 0. The largest absolute Gasteiger partial charge is 0.294 e. The number of carbonyl (C=O) groups excluding carboxylic acids is 2. The Balaban J connectivity index is 2.58. The van der Waals surface area contributed by atoms with Gasteiger partial charge in [-0.25, -0.2) is 0 Å². The molecule has 13 heavy (non-hydrogen) atoms. The van der Waals surface area contributed by atoms with Crippen LogP contribution in [0, 0.1) is 0 Å². The Labute approximate surface area is 76.6 Å². The lowest BCUT2D eigenvalue weighted by Crippen LogP contribution is -1.92. The van der Waals surface area contributed by atoms with Crippen molar-refractivity contribution in [3.8, 4) is 0 Å². The van der Waals surface area contributed by atoms with Gasteiger partial charge in [0.25, 0.3) is 0 Å². The number of rotatable bonds is 1. The van der Waals surface area contributed by atoms with Crippen molar-refractivity contribution in [1.82, 2.24) is 0 Å². The highest BCUT2D eigenvalue weighted by Gasteiger charge is 2.26. The summed E-state index contributed by atoms with van der Waals surface area (Å²) in [4.78, 5) is 22.6. The predicted octanol–water partition coefficient (Wildman–Crippen LogP) is 2.02. The summed E-state index contributed by atoms with van der Waals surface area (Å²) < 4.78 is 0. The number of carbonyl (C=O) groups is 2. The molecule has 1 aromatic rings. The average molecular weight is 174 g/mol.